The van der Waals surface area contributed by atoms with Crippen molar-refractivity contribution in [1.82, 2.24) is 10.3 Å². The minimum atomic E-state index is -0.552. The van der Waals surface area contributed by atoms with Crippen molar-refractivity contribution in [1.29, 1.82) is 0 Å². The second-order valence-electron chi connectivity index (χ2n) is 3.91. The lowest BCUT2D eigenvalue weighted by Gasteiger charge is -2.09. The second-order valence-corrected chi connectivity index (χ2v) is 5.00. The van der Waals surface area contributed by atoms with Crippen LogP contribution in [0.25, 0.3) is 10.6 Å². The molecule has 0 amide bonds. The summed E-state index contributed by atoms with van der Waals surface area (Å²) in [5.74, 6) is -1.10. The van der Waals surface area contributed by atoms with Gasteiger partial charge in [-0.1, -0.05) is 6.07 Å². The molecule has 0 saturated carbocycles. The van der Waals surface area contributed by atoms with Gasteiger partial charge >= 0.3 is 0 Å². The standard InChI is InChI=1S/C12H10F2N2S/c13-7-2-1-3-8(14)11(7)12-16-9-4-5-15-6-10(9)17-12/h1-3,15H,4-6H2. The molecule has 1 aromatic heterocycles. The minimum Gasteiger partial charge on any atom is -0.311 e. The lowest BCUT2D eigenvalue weighted by Crippen LogP contribution is -2.22. The van der Waals surface area contributed by atoms with Crippen molar-refractivity contribution in [3.05, 3.63) is 40.4 Å². The van der Waals surface area contributed by atoms with Crippen molar-refractivity contribution in [2.24, 2.45) is 0 Å². The Morgan fingerprint density at radius 2 is 2.00 bits per heavy atom. The van der Waals surface area contributed by atoms with Gasteiger partial charge in [0.05, 0.1) is 11.3 Å². The molecule has 1 aliphatic heterocycles. The predicted molar refractivity (Wildman–Crippen MR) is 62.9 cm³/mol. The van der Waals surface area contributed by atoms with Crippen molar-refractivity contribution in [3.8, 4) is 10.6 Å². The van der Waals surface area contributed by atoms with E-state index in [0.717, 1.165) is 30.1 Å². The van der Waals surface area contributed by atoms with Crippen LogP contribution in [-0.2, 0) is 13.0 Å². The first-order chi connectivity index (χ1) is 8.25. The number of benzene rings is 1. The van der Waals surface area contributed by atoms with E-state index in [1.54, 1.807) is 0 Å². The third kappa shape index (κ3) is 1.85. The molecule has 2 heterocycles. The zero-order chi connectivity index (χ0) is 11.8. The maximum absolute atomic E-state index is 13.6. The van der Waals surface area contributed by atoms with Crippen LogP contribution in [0.15, 0.2) is 18.2 Å². The van der Waals surface area contributed by atoms with Gasteiger partial charge in [-0.2, -0.15) is 0 Å². The van der Waals surface area contributed by atoms with Gasteiger partial charge in [-0.05, 0) is 12.1 Å². The molecule has 1 aliphatic rings. The van der Waals surface area contributed by atoms with E-state index in [2.05, 4.69) is 10.3 Å². The van der Waals surface area contributed by atoms with Gasteiger partial charge in [0.2, 0.25) is 0 Å². The van der Waals surface area contributed by atoms with Crippen molar-refractivity contribution < 1.29 is 8.78 Å². The van der Waals surface area contributed by atoms with Crippen LogP contribution in [0, 0.1) is 11.6 Å². The van der Waals surface area contributed by atoms with Gasteiger partial charge in [0.1, 0.15) is 16.6 Å². The number of rotatable bonds is 1. The Kier molecular flexibility index (Phi) is 2.64. The van der Waals surface area contributed by atoms with Gasteiger partial charge in [0.25, 0.3) is 0 Å². The molecule has 0 atom stereocenters. The molecule has 2 aromatic rings. The molecule has 0 aliphatic carbocycles. The van der Waals surface area contributed by atoms with Crippen LogP contribution < -0.4 is 5.32 Å². The zero-order valence-electron chi connectivity index (χ0n) is 8.96. The van der Waals surface area contributed by atoms with Gasteiger partial charge in [-0.25, -0.2) is 13.8 Å². The Morgan fingerprint density at radius 3 is 2.71 bits per heavy atom. The summed E-state index contributed by atoms with van der Waals surface area (Å²) in [6, 6.07) is 3.89. The minimum absolute atomic E-state index is 0.00750. The Bertz CT molecular complexity index is 522. The molecule has 0 bridgehead atoms. The van der Waals surface area contributed by atoms with Gasteiger partial charge < -0.3 is 5.32 Å². The smallest absolute Gasteiger partial charge is 0.136 e. The van der Waals surface area contributed by atoms with Crippen molar-refractivity contribution >= 4 is 11.3 Å². The Labute approximate surface area is 101 Å². The zero-order valence-corrected chi connectivity index (χ0v) is 9.78. The highest BCUT2D eigenvalue weighted by molar-refractivity contribution is 7.15. The molecule has 0 spiro atoms. The highest BCUT2D eigenvalue weighted by atomic mass is 32.1. The summed E-state index contributed by atoms with van der Waals surface area (Å²) in [6.45, 7) is 1.61. The summed E-state index contributed by atoms with van der Waals surface area (Å²) in [5.41, 5.74) is 0.957. The highest BCUT2D eigenvalue weighted by Gasteiger charge is 2.19. The molecule has 3 rings (SSSR count). The topological polar surface area (TPSA) is 24.9 Å². The lowest BCUT2D eigenvalue weighted by molar-refractivity contribution is 0.589. The van der Waals surface area contributed by atoms with Crippen LogP contribution in [0.1, 0.15) is 10.6 Å². The number of hydrogen-bond donors (Lipinski definition) is 1. The number of aromatic nitrogens is 1. The molecular weight excluding hydrogens is 242 g/mol. The molecule has 88 valence electrons. The van der Waals surface area contributed by atoms with Gasteiger partial charge in [-0.3, -0.25) is 0 Å². The second kappa shape index (κ2) is 4.16. The summed E-state index contributed by atoms with van der Waals surface area (Å²) in [6.07, 6.45) is 0.821. The number of halogens is 2. The van der Waals surface area contributed by atoms with Gasteiger partial charge in [0.15, 0.2) is 0 Å². The van der Waals surface area contributed by atoms with E-state index < -0.39 is 11.6 Å². The van der Waals surface area contributed by atoms with Crippen molar-refractivity contribution in [2.75, 3.05) is 6.54 Å². The van der Waals surface area contributed by atoms with Crippen LogP contribution in [0.4, 0.5) is 8.78 Å². The molecular formula is C12H10F2N2S. The summed E-state index contributed by atoms with van der Waals surface area (Å²) in [5, 5.41) is 3.66. The molecule has 0 unspecified atom stereocenters. The fourth-order valence-electron chi connectivity index (χ4n) is 1.93. The first kappa shape index (κ1) is 10.8. The summed E-state index contributed by atoms with van der Waals surface area (Å²) >= 11 is 1.36. The van der Waals surface area contributed by atoms with E-state index in [9.17, 15) is 8.78 Å². The number of hydrogen-bond acceptors (Lipinski definition) is 3. The maximum Gasteiger partial charge on any atom is 0.136 e. The fraction of sp³-hybridized carbons (Fsp3) is 0.250. The molecule has 2 nitrogen and oxygen atoms in total. The van der Waals surface area contributed by atoms with E-state index in [0.29, 0.717) is 5.01 Å². The molecule has 1 N–H and O–H groups in total. The Hall–Kier alpha value is -1.33. The van der Waals surface area contributed by atoms with E-state index in [1.165, 1.54) is 29.5 Å². The molecule has 17 heavy (non-hydrogen) atoms. The molecule has 0 radical (unpaired) electrons. The van der Waals surface area contributed by atoms with Gasteiger partial charge in [0, 0.05) is 24.4 Å². The first-order valence-corrected chi connectivity index (χ1v) is 6.21. The average molecular weight is 252 g/mol. The number of thiazole rings is 1. The number of nitrogens with zero attached hydrogens (tertiary/aromatic N) is 1. The van der Waals surface area contributed by atoms with Crippen LogP contribution in [-0.4, -0.2) is 11.5 Å². The predicted octanol–water partition coefficient (Wildman–Crippen LogP) is 2.73. The lowest BCUT2D eigenvalue weighted by atomic mass is 10.2. The van der Waals surface area contributed by atoms with Crippen LogP contribution >= 0.6 is 11.3 Å². The van der Waals surface area contributed by atoms with Crippen LogP contribution in [0.5, 0.6) is 0 Å². The van der Waals surface area contributed by atoms with Crippen LogP contribution in [0.3, 0.4) is 0 Å². The highest BCUT2D eigenvalue weighted by Crippen LogP contribution is 2.32. The normalized spacial score (nSPS) is 14.7. The van der Waals surface area contributed by atoms with E-state index >= 15 is 0 Å². The SMILES string of the molecule is Fc1cccc(F)c1-c1nc2c(s1)CNCC2. The van der Waals surface area contributed by atoms with Crippen LogP contribution in [0.2, 0.25) is 0 Å². The molecule has 1 aromatic carbocycles. The Morgan fingerprint density at radius 1 is 1.24 bits per heavy atom. The largest absolute Gasteiger partial charge is 0.311 e. The third-order valence-electron chi connectivity index (χ3n) is 2.78. The average Bonchev–Trinajstić information content (AvgIpc) is 2.71. The van der Waals surface area contributed by atoms with E-state index in [-0.39, 0.29) is 5.56 Å². The maximum atomic E-state index is 13.6. The monoisotopic (exact) mass is 252 g/mol. The fourth-order valence-corrected chi connectivity index (χ4v) is 3.06. The summed E-state index contributed by atoms with van der Waals surface area (Å²) in [4.78, 5) is 5.42. The van der Waals surface area contributed by atoms with Crippen molar-refractivity contribution in [3.63, 3.8) is 0 Å². The van der Waals surface area contributed by atoms with E-state index in [4.69, 9.17) is 0 Å². The Balaban J connectivity index is 2.12. The molecule has 0 saturated heterocycles. The molecule has 0 fully saturated rings. The summed E-state index contributed by atoms with van der Waals surface area (Å²) < 4.78 is 27.2. The number of fused-ring (bicyclic) bond motifs is 1. The summed E-state index contributed by atoms with van der Waals surface area (Å²) in [7, 11) is 0. The quantitative estimate of drug-likeness (QED) is 0.844. The number of nitrogens with one attached hydrogen (secondary N) is 1. The first-order valence-electron chi connectivity index (χ1n) is 5.39. The van der Waals surface area contributed by atoms with Gasteiger partial charge in [-0.15, -0.1) is 11.3 Å². The van der Waals surface area contributed by atoms with Crippen molar-refractivity contribution in [2.45, 2.75) is 13.0 Å². The third-order valence-corrected chi connectivity index (χ3v) is 3.89. The molecule has 5 heteroatoms. The van der Waals surface area contributed by atoms with E-state index in [1.807, 2.05) is 0 Å².